The summed E-state index contributed by atoms with van der Waals surface area (Å²) in [6.45, 7) is 0.336. The molecule has 0 saturated carbocycles. The van der Waals surface area contributed by atoms with Gasteiger partial charge in [-0.05, 0) is 17.7 Å². The molecule has 0 spiro atoms. The Morgan fingerprint density at radius 1 is 1.54 bits per heavy atom. The Hall–Kier alpha value is -1.59. The van der Waals surface area contributed by atoms with Gasteiger partial charge in [-0.1, -0.05) is 6.07 Å². The monoisotopic (exact) mass is 180 g/mol. The quantitative estimate of drug-likeness (QED) is 0.591. The van der Waals surface area contributed by atoms with Crippen molar-refractivity contribution in [2.75, 3.05) is 0 Å². The van der Waals surface area contributed by atoms with Gasteiger partial charge in [0, 0.05) is 6.54 Å². The van der Waals surface area contributed by atoms with Gasteiger partial charge in [0.2, 0.25) is 0 Å². The first-order chi connectivity index (χ1) is 6.29. The smallest absolute Gasteiger partial charge is 0.408 e. The van der Waals surface area contributed by atoms with E-state index in [1.165, 1.54) is 0 Å². The molecule has 1 heterocycles. The van der Waals surface area contributed by atoms with E-state index >= 15 is 0 Å². The van der Waals surface area contributed by atoms with Crippen LogP contribution in [0.1, 0.15) is 5.56 Å². The van der Waals surface area contributed by atoms with Crippen molar-refractivity contribution in [3.8, 4) is 0 Å². The van der Waals surface area contributed by atoms with Crippen LogP contribution in [0.5, 0.6) is 0 Å². The number of hydrogen-bond donors (Lipinski definition) is 3. The van der Waals surface area contributed by atoms with E-state index in [0.717, 1.165) is 5.56 Å². The fourth-order valence-corrected chi connectivity index (χ4v) is 1.20. The predicted octanol–water partition coefficient (Wildman–Crippen LogP) is 0.600. The van der Waals surface area contributed by atoms with Gasteiger partial charge in [-0.15, -0.1) is 0 Å². The highest BCUT2D eigenvalue weighted by Gasteiger charge is 2.00. The van der Waals surface area contributed by atoms with E-state index in [9.17, 15) is 4.79 Å². The summed E-state index contributed by atoms with van der Waals surface area (Å²) >= 11 is 0. The van der Waals surface area contributed by atoms with E-state index in [4.69, 9.17) is 9.62 Å². The molecule has 0 aliphatic heterocycles. The van der Waals surface area contributed by atoms with E-state index < -0.39 is 5.76 Å². The lowest BCUT2D eigenvalue weighted by Gasteiger charge is -1.96. The number of aromatic nitrogens is 1. The molecule has 5 nitrogen and oxygen atoms in total. The maximum atomic E-state index is 10.8. The molecule has 3 N–H and O–H groups in total. The zero-order chi connectivity index (χ0) is 9.26. The maximum Gasteiger partial charge on any atom is 0.417 e. The van der Waals surface area contributed by atoms with Crippen LogP contribution in [0.3, 0.4) is 0 Å². The van der Waals surface area contributed by atoms with Crippen molar-refractivity contribution in [3.05, 3.63) is 34.3 Å². The topological polar surface area (TPSA) is 78.3 Å². The highest BCUT2D eigenvalue weighted by Crippen LogP contribution is 2.11. The predicted molar refractivity (Wildman–Crippen MR) is 45.5 cm³/mol. The van der Waals surface area contributed by atoms with Crippen molar-refractivity contribution in [1.29, 1.82) is 0 Å². The number of aromatic amines is 1. The fraction of sp³-hybridized carbons (Fsp3) is 0.125. The first kappa shape index (κ1) is 8.03. The highest BCUT2D eigenvalue weighted by atomic mass is 16.5. The van der Waals surface area contributed by atoms with Crippen molar-refractivity contribution >= 4 is 11.1 Å². The highest BCUT2D eigenvalue weighted by molar-refractivity contribution is 5.72. The zero-order valence-corrected chi connectivity index (χ0v) is 6.70. The van der Waals surface area contributed by atoms with Gasteiger partial charge in [-0.2, -0.15) is 0 Å². The molecule has 0 radical (unpaired) electrons. The summed E-state index contributed by atoms with van der Waals surface area (Å²) in [7, 11) is 0. The van der Waals surface area contributed by atoms with Crippen molar-refractivity contribution in [1.82, 2.24) is 10.5 Å². The third-order valence-electron chi connectivity index (χ3n) is 1.77. The van der Waals surface area contributed by atoms with E-state index in [1.807, 2.05) is 5.48 Å². The van der Waals surface area contributed by atoms with Crippen LogP contribution in [0.25, 0.3) is 11.1 Å². The second-order valence-electron chi connectivity index (χ2n) is 2.68. The van der Waals surface area contributed by atoms with Crippen molar-refractivity contribution in [2.24, 2.45) is 0 Å². The number of H-pyrrole nitrogens is 1. The zero-order valence-electron chi connectivity index (χ0n) is 6.70. The molecule has 0 fully saturated rings. The molecule has 1 aromatic carbocycles. The molecule has 2 rings (SSSR count). The van der Waals surface area contributed by atoms with Crippen LogP contribution in [0.4, 0.5) is 0 Å². The van der Waals surface area contributed by atoms with E-state index in [-0.39, 0.29) is 0 Å². The number of hydrogen-bond acceptors (Lipinski definition) is 4. The molecule has 13 heavy (non-hydrogen) atoms. The lowest BCUT2D eigenvalue weighted by atomic mass is 10.2. The summed E-state index contributed by atoms with van der Waals surface area (Å²) < 4.78 is 4.81. The molecule has 5 heteroatoms. The third-order valence-corrected chi connectivity index (χ3v) is 1.77. The van der Waals surface area contributed by atoms with Crippen LogP contribution < -0.4 is 11.2 Å². The number of oxazole rings is 1. The van der Waals surface area contributed by atoms with Gasteiger partial charge in [-0.3, -0.25) is 4.98 Å². The molecule has 0 bridgehead atoms. The van der Waals surface area contributed by atoms with E-state index in [0.29, 0.717) is 17.6 Å². The Kier molecular flexibility index (Phi) is 1.88. The van der Waals surface area contributed by atoms with Crippen LogP contribution in [0.2, 0.25) is 0 Å². The van der Waals surface area contributed by atoms with Gasteiger partial charge < -0.3 is 9.62 Å². The first-order valence-electron chi connectivity index (χ1n) is 3.78. The SMILES string of the molecule is O=c1[nH]c2cc(CNO)ccc2o1. The standard InChI is InChI=1S/C8H8N2O3/c11-8-10-6-3-5(4-9-12)1-2-7(6)13-8/h1-3,9,12H,4H2,(H,10,11). The van der Waals surface area contributed by atoms with Crippen molar-refractivity contribution in [2.45, 2.75) is 6.54 Å². The van der Waals surface area contributed by atoms with Crippen LogP contribution in [0, 0.1) is 0 Å². The molecule has 1 aromatic heterocycles. The van der Waals surface area contributed by atoms with Crippen molar-refractivity contribution < 1.29 is 9.62 Å². The Labute approximate surface area is 73.0 Å². The molecule has 0 unspecified atom stereocenters. The average Bonchev–Trinajstić information content (AvgIpc) is 2.44. The molecule has 0 atom stereocenters. The van der Waals surface area contributed by atoms with Gasteiger partial charge in [-0.25, -0.2) is 10.3 Å². The number of hydroxylamine groups is 1. The minimum absolute atomic E-state index is 0.336. The molecule has 0 saturated heterocycles. The number of nitrogens with one attached hydrogen (secondary N) is 2. The largest absolute Gasteiger partial charge is 0.417 e. The third kappa shape index (κ3) is 1.47. The van der Waals surface area contributed by atoms with Gasteiger partial charge in [0.05, 0.1) is 5.52 Å². The summed E-state index contributed by atoms with van der Waals surface area (Å²) in [5.41, 5.74) is 4.06. The molecule has 0 amide bonds. The fourth-order valence-electron chi connectivity index (χ4n) is 1.20. The minimum Gasteiger partial charge on any atom is -0.408 e. The maximum absolute atomic E-state index is 10.8. The Balaban J connectivity index is 2.54. The summed E-state index contributed by atoms with van der Waals surface area (Å²) in [5.74, 6) is -0.468. The van der Waals surface area contributed by atoms with Gasteiger partial charge >= 0.3 is 5.76 Å². The van der Waals surface area contributed by atoms with Gasteiger partial charge in [0.25, 0.3) is 0 Å². The molecule has 2 aromatic rings. The van der Waals surface area contributed by atoms with Crippen LogP contribution >= 0.6 is 0 Å². The van der Waals surface area contributed by atoms with Crippen LogP contribution in [0.15, 0.2) is 27.4 Å². The molecular weight excluding hydrogens is 172 g/mol. The van der Waals surface area contributed by atoms with Gasteiger partial charge in [0.15, 0.2) is 5.58 Å². The Morgan fingerprint density at radius 2 is 2.38 bits per heavy atom. The lowest BCUT2D eigenvalue weighted by Crippen LogP contribution is -2.05. The Bertz CT molecular complexity index is 471. The molecule has 68 valence electrons. The Morgan fingerprint density at radius 3 is 3.15 bits per heavy atom. The second kappa shape index (κ2) is 3.04. The summed E-state index contributed by atoms with van der Waals surface area (Å²) in [6.07, 6.45) is 0. The van der Waals surface area contributed by atoms with Gasteiger partial charge in [0.1, 0.15) is 0 Å². The normalized spacial score (nSPS) is 10.8. The lowest BCUT2D eigenvalue weighted by molar-refractivity contribution is 0.161. The molecular formula is C8H8N2O3. The number of fused-ring (bicyclic) bond motifs is 1. The van der Waals surface area contributed by atoms with Crippen LogP contribution in [-0.4, -0.2) is 10.2 Å². The minimum atomic E-state index is -0.468. The van der Waals surface area contributed by atoms with Crippen molar-refractivity contribution in [3.63, 3.8) is 0 Å². The van der Waals surface area contributed by atoms with Crippen LogP contribution in [-0.2, 0) is 6.54 Å². The summed E-state index contributed by atoms with van der Waals surface area (Å²) in [6, 6.07) is 5.19. The number of rotatable bonds is 2. The average molecular weight is 180 g/mol. The van der Waals surface area contributed by atoms with E-state index in [1.54, 1.807) is 18.2 Å². The first-order valence-corrected chi connectivity index (χ1v) is 3.78. The second-order valence-corrected chi connectivity index (χ2v) is 2.68. The van der Waals surface area contributed by atoms with E-state index in [2.05, 4.69) is 4.98 Å². The summed E-state index contributed by atoms with van der Waals surface area (Å²) in [4.78, 5) is 13.3. The molecule has 0 aliphatic carbocycles. The molecule has 0 aliphatic rings. The summed E-state index contributed by atoms with van der Waals surface area (Å²) in [5, 5.41) is 8.45. The number of benzene rings is 1.